The Morgan fingerprint density at radius 3 is 1.35 bits per heavy atom. The lowest BCUT2D eigenvalue weighted by Crippen LogP contribution is -2.31. The maximum Gasteiger partial charge on any atom is 0.0575 e. The zero-order valence-electron chi connectivity index (χ0n) is 21.2. The van der Waals surface area contributed by atoms with Gasteiger partial charge < -0.3 is 4.74 Å². The molecule has 4 saturated carbocycles. The summed E-state index contributed by atoms with van der Waals surface area (Å²) >= 11 is 0. The first-order chi connectivity index (χ1) is 15.2. The molecule has 0 unspecified atom stereocenters. The number of rotatable bonds is 8. The van der Waals surface area contributed by atoms with Gasteiger partial charge in [0.05, 0.1) is 6.10 Å². The van der Waals surface area contributed by atoms with Crippen molar-refractivity contribution < 1.29 is 4.74 Å². The van der Waals surface area contributed by atoms with Crippen LogP contribution >= 0.6 is 0 Å². The number of hydrogen-bond acceptors (Lipinski definition) is 1. The second-order valence-electron chi connectivity index (χ2n) is 12.4. The predicted octanol–water partition coefficient (Wildman–Crippen LogP) is 9.19. The van der Waals surface area contributed by atoms with Gasteiger partial charge in [-0.2, -0.15) is 0 Å². The fourth-order valence-electron chi connectivity index (χ4n) is 8.25. The molecule has 0 atom stereocenters. The third-order valence-corrected chi connectivity index (χ3v) is 10.6. The predicted molar refractivity (Wildman–Crippen MR) is 133 cm³/mol. The molecule has 0 bridgehead atoms. The van der Waals surface area contributed by atoms with E-state index in [0.29, 0.717) is 6.10 Å². The Balaban J connectivity index is 1.07. The molecular weight excluding hydrogens is 376 g/mol. The summed E-state index contributed by atoms with van der Waals surface area (Å²) in [5, 5.41) is 0. The largest absolute Gasteiger partial charge is 0.378 e. The Morgan fingerprint density at radius 1 is 0.484 bits per heavy atom. The van der Waals surface area contributed by atoms with Gasteiger partial charge in [-0.25, -0.2) is 0 Å². The summed E-state index contributed by atoms with van der Waals surface area (Å²) in [6.45, 7) is 5.82. The van der Waals surface area contributed by atoms with Crippen LogP contribution in [0.5, 0.6) is 0 Å². The molecule has 0 radical (unpaired) electrons. The molecule has 4 rings (SSSR count). The van der Waals surface area contributed by atoms with Crippen LogP contribution in [0.3, 0.4) is 0 Å². The smallest absolute Gasteiger partial charge is 0.0575 e. The van der Waals surface area contributed by atoms with Crippen molar-refractivity contribution in [1.29, 1.82) is 0 Å². The highest BCUT2D eigenvalue weighted by atomic mass is 16.5. The molecule has 0 aromatic rings. The molecule has 180 valence electrons. The zero-order chi connectivity index (χ0) is 21.5. The fourth-order valence-corrected chi connectivity index (χ4v) is 8.25. The van der Waals surface area contributed by atoms with Crippen molar-refractivity contribution in [3.05, 3.63) is 0 Å². The molecule has 0 N–H and O–H groups in total. The van der Waals surface area contributed by atoms with Crippen LogP contribution in [0.25, 0.3) is 0 Å². The van der Waals surface area contributed by atoms with E-state index < -0.39 is 0 Å². The summed E-state index contributed by atoms with van der Waals surface area (Å²) in [6.07, 6.45) is 28.7. The van der Waals surface area contributed by atoms with Gasteiger partial charge in [-0.05, 0) is 118 Å². The molecule has 4 aliphatic rings. The van der Waals surface area contributed by atoms with Gasteiger partial charge in [0.1, 0.15) is 0 Å². The lowest BCUT2D eigenvalue weighted by Gasteiger charge is -2.39. The highest BCUT2D eigenvalue weighted by Gasteiger charge is 2.33. The van der Waals surface area contributed by atoms with E-state index >= 15 is 0 Å². The van der Waals surface area contributed by atoms with Crippen molar-refractivity contribution in [2.24, 2.45) is 41.4 Å². The van der Waals surface area contributed by atoms with Gasteiger partial charge in [-0.1, -0.05) is 58.8 Å². The standard InChI is InChI=1S/C30H54O/c1-3-5-24-8-14-27(15-9-24)28-16-10-25(11-17-28)22-31-30-20-18-29(19-21-30)26-12-6-23(4-2)7-13-26/h23-30H,3-22H2,1-2H3. The van der Waals surface area contributed by atoms with E-state index in [2.05, 4.69) is 13.8 Å². The summed E-state index contributed by atoms with van der Waals surface area (Å²) in [5.41, 5.74) is 0. The van der Waals surface area contributed by atoms with E-state index in [1.165, 1.54) is 109 Å². The van der Waals surface area contributed by atoms with Crippen LogP contribution in [0.1, 0.15) is 136 Å². The van der Waals surface area contributed by atoms with Crippen LogP contribution in [-0.2, 0) is 4.74 Å². The zero-order valence-corrected chi connectivity index (χ0v) is 21.2. The molecule has 0 aromatic carbocycles. The van der Waals surface area contributed by atoms with Crippen molar-refractivity contribution >= 4 is 0 Å². The highest BCUT2D eigenvalue weighted by Crippen LogP contribution is 2.43. The van der Waals surface area contributed by atoms with Crippen molar-refractivity contribution in [1.82, 2.24) is 0 Å². The SMILES string of the molecule is CCCC1CCC(C2CCC(COC3CCC(C4CCC(CC)CC4)CC3)CC2)CC1. The van der Waals surface area contributed by atoms with Crippen LogP contribution in [0.15, 0.2) is 0 Å². The monoisotopic (exact) mass is 430 g/mol. The Kier molecular flexibility index (Phi) is 9.66. The topological polar surface area (TPSA) is 9.23 Å². The average Bonchev–Trinajstić information content (AvgIpc) is 2.84. The molecule has 0 saturated heterocycles. The van der Waals surface area contributed by atoms with Gasteiger partial charge in [0, 0.05) is 6.61 Å². The molecule has 0 heterocycles. The Morgan fingerprint density at radius 2 is 0.903 bits per heavy atom. The van der Waals surface area contributed by atoms with Crippen LogP contribution in [0.4, 0.5) is 0 Å². The van der Waals surface area contributed by atoms with Crippen LogP contribution in [0.2, 0.25) is 0 Å². The Bertz CT molecular complexity index is 469. The first-order valence-electron chi connectivity index (χ1n) is 14.9. The Labute approximate surface area is 194 Å². The highest BCUT2D eigenvalue weighted by molar-refractivity contribution is 4.84. The van der Waals surface area contributed by atoms with Crippen molar-refractivity contribution in [2.45, 2.75) is 142 Å². The molecule has 4 fully saturated rings. The third-order valence-electron chi connectivity index (χ3n) is 10.6. The van der Waals surface area contributed by atoms with E-state index in [1.54, 1.807) is 12.8 Å². The molecule has 0 amide bonds. The lowest BCUT2D eigenvalue weighted by molar-refractivity contribution is -0.0193. The van der Waals surface area contributed by atoms with Crippen molar-refractivity contribution in [3.63, 3.8) is 0 Å². The maximum atomic E-state index is 6.51. The first-order valence-corrected chi connectivity index (χ1v) is 14.9. The molecule has 0 aromatic heterocycles. The van der Waals surface area contributed by atoms with Crippen molar-refractivity contribution in [3.8, 4) is 0 Å². The average molecular weight is 431 g/mol. The molecule has 0 aliphatic heterocycles. The minimum Gasteiger partial charge on any atom is -0.378 e. The van der Waals surface area contributed by atoms with Gasteiger partial charge in [0.25, 0.3) is 0 Å². The van der Waals surface area contributed by atoms with Gasteiger partial charge in [-0.15, -0.1) is 0 Å². The van der Waals surface area contributed by atoms with Crippen molar-refractivity contribution in [2.75, 3.05) is 6.61 Å². The first kappa shape index (κ1) is 24.1. The summed E-state index contributed by atoms with van der Waals surface area (Å²) in [7, 11) is 0. The van der Waals surface area contributed by atoms with Gasteiger partial charge in [0.2, 0.25) is 0 Å². The summed E-state index contributed by atoms with van der Waals surface area (Å²) in [5.74, 6) is 7.18. The Hall–Kier alpha value is -0.0400. The second-order valence-corrected chi connectivity index (χ2v) is 12.4. The lowest BCUT2D eigenvalue weighted by atomic mass is 9.69. The number of ether oxygens (including phenoxy) is 1. The van der Waals surface area contributed by atoms with Crippen LogP contribution < -0.4 is 0 Å². The fraction of sp³-hybridized carbons (Fsp3) is 1.00. The molecule has 4 aliphatic carbocycles. The minimum atomic E-state index is 0.592. The quantitative estimate of drug-likeness (QED) is 0.373. The summed E-state index contributed by atoms with van der Waals surface area (Å²) in [4.78, 5) is 0. The number of hydrogen-bond donors (Lipinski definition) is 0. The molecular formula is C30H54O. The van der Waals surface area contributed by atoms with Crippen LogP contribution in [-0.4, -0.2) is 12.7 Å². The van der Waals surface area contributed by atoms with E-state index in [9.17, 15) is 0 Å². The molecule has 1 nitrogen and oxygen atoms in total. The third kappa shape index (κ3) is 6.97. The van der Waals surface area contributed by atoms with E-state index in [0.717, 1.165) is 48.0 Å². The summed E-state index contributed by atoms with van der Waals surface area (Å²) < 4.78 is 6.51. The van der Waals surface area contributed by atoms with Gasteiger partial charge in [-0.3, -0.25) is 0 Å². The summed E-state index contributed by atoms with van der Waals surface area (Å²) in [6, 6.07) is 0. The van der Waals surface area contributed by atoms with Gasteiger partial charge >= 0.3 is 0 Å². The second kappa shape index (κ2) is 12.4. The van der Waals surface area contributed by atoms with Gasteiger partial charge in [0.15, 0.2) is 0 Å². The molecule has 0 spiro atoms. The minimum absolute atomic E-state index is 0.592. The van der Waals surface area contributed by atoms with Crippen LogP contribution in [0, 0.1) is 41.4 Å². The molecule has 31 heavy (non-hydrogen) atoms. The molecule has 1 heteroatoms. The van der Waals surface area contributed by atoms with E-state index in [4.69, 9.17) is 4.74 Å². The maximum absolute atomic E-state index is 6.51. The van der Waals surface area contributed by atoms with E-state index in [-0.39, 0.29) is 0 Å². The normalized spacial score (nSPS) is 42.4. The van der Waals surface area contributed by atoms with E-state index in [1.807, 2.05) is 0 Å².